The second-order valence-corrected chi connectivity index (χ2v) is 6.47. The van der Waals surface area contributed by atoms with E-state index in [0.717, 1.165) is 5.56 Å². The van der Waals surface area contributed by atoms with Gasteiger partial charge in [-0.1, -0.05) is 0 Å². The molecule has 2 N–H and O–H groups in total. The van der Waals surface area contributed by atoms with Gasteiger partial charge in [0.15, 0.2) is 0 Å². The van der Waals surface area contributed by atoms with Crippen LogP contribution in [0.15, 0.2) is 18.2 Å². The third-order valence-electron chi connectivity index (χ3n) is 4.78. The van der Waals surface area contributed by atoms with E-state index < -0.39 is 6.04 Å². The molecule has 2 atom stereocenters. The molecule has 1 aromatic rings. The first kappa shape index (κ1) is 20.0. The Morgan fingerprint density at radius 1 is 1.15 bits per heavy atom. The molecule has 1 aliphatic rings. The minimum atomic E-state index is -0.482. The van der Waals surface area contributed by atoms with E-state index in [1.807, 2.05) is 13.8 Å². The van der Waals surface area contributed by atoms with Crippen LogP contribution in [-0.2, 0) is 16.0 Å². The lowest BCUT2D eigenvalue weighted by Crippen LogP contribution is -2.48. The number of hydrogen-bond acceptors (Lipinski definition) is 5. The SMILES string of the molecule is CCN(CC)C(=O)[C@@H]1C[C@H](N)CN1C(=O)Cc1cc(OC)cc(OC)c1. The molecule has 7 nitrogen and oxygen atoms in total. The summed E-state index contributed by atoms with van der Waals surface area (Å²) >= 11 is 0. The molecular weight excluding hydrogens is 334 g/mol. The number of nitrogens with zero attached hydrogens (tertiary/aromatic N) is 2. The van der Waals surface area contributed by atoms with Gasteiger partial charge in [0, 0.05) is 31.7 Å². The summed E-state index contributed by atoms with van der Waals surface area (Å²) in [6.07, 6.45) is 0.671. The zero-order valence-electron chi connectivity index (χ0n) is 16.0. The number of methoxy groups -OCH3 is 2. The largest absolute Gasteiger partial charge is 0.497 e. The average molecular weight is 363 g/mol. The minimum absolute atomic E-state index is 0.0282. The van der Waals surface area contributed by atoms with Crippen molar-refractivity contribution in [3.05, 3.63) is 23.8 Å². The zero-order chi connectivity index (χ0) is 19.3. The lowest BCUT2D eigenvalue weighted by Gasteiger charge is -2.29. The van der Waals surface area contributed by atoms with Gasteiger partial charge >= 0.3 is 0 Å². The van der Waals surface area contributed by atoms with E-state index in [4.69, 9.17) is 15.2 Å². The van der Waals surface area contributed by atoms with Crippen LogP contribution in [0, 0.1) is 0 Å². The van der Waals surface area contributed by atoms with Crippen LogP contribution in [0.1, 0.15) is 25.8 Å². The highest BCUT2D eigenvalue weighted by Gasteiger charge is 2.39. The fraction of sp³-hybridized carbons (Fsp3) is 0.579. The van der Waals surface area contributed by atoms with Gasteiger partial charge in [0.25, 0.3) is 0 Å². The van der Waals surface area contributed by atoms with Crippen molar-refractivity contribution in [1.29, 1.82) is 0 Å². The first-order valence-corrected chi connectivity index (χ1v) is 8.99. The second-order valence-electron chi connectivity index (χ2n) is 6.47. The number of benzene rings is 1. The van der Waals surface area contributed by atoms with Crippen molar-refractivity contribution in [1.82, 2.24) is 9.80 Å². The lowest BCUT2D eigenvalue weighted by atomic mass is 10.1. The van der Waals surface area contributed by atoms with Crippen molar-refractivity contribution in [3.63, 3.8) is 0 Å². The maximum atomic E-state index is 12.9. The van der Waals surface area contributed by atoms with Crippen molar-refractivity contribution in [2.75, 3.05) is 33.9 Å². The van der Waals surface area contributed by atoms with Crippen LogP contribution < -0.4 is 15.2 Å². The fourth-order valence-electron chi connectivity index (χ4n) is 3.37. The number of nitrogens with two attached hydrogens (primary N) is 1. The zero-order valence-corrected chi connectivity index (χ0v) is 16.0. The minimum Gasteiger partial charge on any atom is -0.497 e. The first-order chi connectivity index (χ1) is 12.4. The molecule has 0 radical (unpaired) electrons. The van der Waals surface area contributed by atoms with Gasteiger partial charge < -0.3 is 25.0 Å². The normalized spacial score (nSPS) is 19.3. The molecule has 1 aliphatic heterocycles. The smallest absolute Gasteiger partial charge is 0.245 e. The molecule has 2 amide bonds. The van der Waals surface area contributed by atoms with Crippen molar-refractivity contribution in [2.45, 2.75) is 38.8 Å². The molecule has 1 aromatic carbocycles. The van der Waals surface area contributed by atoms with E-state index in [1.165, 1.54) is 0 Å². The van der Waals surface area contributed by atoms with E-state index >= 15 is 0 Å². The Labute approximate surface area is 155 Å². The highest BCUT2D eigenvalue weighted by Crippen LogP contribution is 2.25. The van der Waals surface area contributed by atoms with Gasteiger partial charge in [-0.15, -0.1) is 0 Å². The number of likely N-dealkylation sites (tertiary alicyclic amines) is 1. The van der Waals surface area contributed by atoms with Crippen LogP contribution in [0.4, 0.5) is 0 Å². The Balaban J connectivity index is 2.18. The van der Waals surface area contributed by atoms with E-state index in [2.05, 4.69) is 0 Å². The Kier molecular flexibility index (Phi) is 6.85. The summed E-state index contributed by atoms with van der Waals surface area (Å²) in [6.45, 7) is 5.51. The molecule has 0 aliphatic carbocycles. The Hall–Kier alpha value is -2.28. The van der Waals surface area contributed by atoms with Gasteiger partial charge in [-0.05, 0) is 38.0 Å². The monoisotopic (exact) mass is 363 g/mol. The molecule has 0 unspecified atom stereocenters. The quantitative estimate of drug-likeness (QED) is 0.782. The first-order valence-electron chi connectivity index (χ1n) is 8.99. The van der Waals surface area contributed by atoms with Gasteiger partial charge in [-0.25, -0.2) is 0 Å². The molecule has 1 heterocycles. The van der Waals surface area contributed by atoms with Crippen molar-refractivity contribution >= 4 is 11.8 Å². The molecule has 0 spiro atoms. The van der Waals surface area contributed by atoms with Crippen LogP contribution in [0.3, 0.4) is 0 Å². The number of carbonyl (C=O) groups is 2. The molecule has 1 saturated heterocycles. The summed E-state index contributed by atoms with van der Waals surface area (Å²) in [5, 5.41) is 0. The molecule has 7 heteroatoms. The van der Waals surface area contributed by atoms with Crippen LogP contribution in [0.5, 0.6) is 11.5 Å². The maximum absolute atomic E-state index is 12.9. The van der Waals surface area contributed by atoms with Crippen molar-refractivity contribution in [2.24, 2.45) is 5.73 Å². The van der Waals surface area contributed by atoms with Gasteiger partial charge in [-0.3, -0.25) is 9.59 Å². The number of likely N-dealkylation sites (N-methyl/N-ethyl adjacent to an activating group) is 1. The number of amides is 2. The predicted molar refractivity (Wildman–Crippen MR) is 99.3 cm³/mol. The Bertz CT molecular complexity index is 623. The maximum Gasteiger partial charge on any atom is 0.245 e. The van der Waals surface area contributed by atoms with Gasteiger partial charge in [-0.2, -0.15) is 0 Å². The summed E-state index contributed by atoms with van der Waals surface area (Å²) < 4.78 is 10.5. The van der Waals surface area contributed by atoms with Crippen LogP contribution in [-0.4, -0.2) is 67.6 Å². The van der Waals surface area contributed by atoms with E-state index in [9.17, 15) is 9.59 Å². The molecule has 1 fully saturated rings. The van der Waals surface area contributed by atoms with Gasteiger partial charge in [0.05, 0.1) is 20.6 Å². The fourth-order valence-corrected chi connectivity index (χ4v) is 3.37. The summed E-state index contributed by atoms with van der Waals surface area (Å²) in [5.74, 6) is 1.11. The van der Waals surface area contributed by atoms with Gasteiger partial charge in [0.2, 0.25) is 11.8 Å². The van der Waals surface area contributed by atoms with Crippen molar-refractivity contribution < 1.29 is 19.1 Å². The molecule has 2 rings (SSSR count). The van der Waals surface area contributed by atoms with Crippen LogP contribution >= 0.6 is 0 Å². The standard InChI is InChI=1S/C19H29N3O4/c1-5-21(6-2)19(24)17-10-14(20)12-22(17)18(23)9-13-7-15(25-3)11-16(8-13)26-4/h7-8,11,14,17H,5-6,9-10,12,20H2,1-4H3/t14-,17-/m0/s1. The molecule has 0 saturated carbocycles. The van der Waals surface area contributed by atoms with Crippen molar-refractivity contribution in [3.8, 4) is 11.5 Å². The Morgan fingerprint density at radius 3 is 2.23 bits per heavy atom. The summed E-state index contributed by atoms with van der Waals surface area (Å²) in [5.41, 5.74) is 6.83. The molecule has 144 valence electrons. The summed E-state index contributed by atoms with van der Waals surface area (Å²) in [4.78, 5) is 29.0. The number of hydrogen-bond donors (Lipinski definition) is 1. The highest BCUT2D eigenvalue weighted by molar-refractivity contribution is 5.89. The van der Waals surface area contributed by atoms with E-state index in [0.29, 0.717) is 37.6 Å². The van der Waals surface area contributed by atoms with E-state index in [1.54, 1.807) is 42.2 Å². The molecule has 0 bridgehead atoms. The third-order valence-corrected chi connectivity index (χ3v) is 4.78. The highest BCUT2D eigenvalue weighted by atomic mass is 16.5. The summed E-state index contributed by atoms with van der Waals surface area (Å²) in [6, 6.07) is 4.70. The predicted octanol–water partition coefficient (Wildman–Crippen LogP) is 1.04. The third kappa shape index (κ3) is 4.46. The molecule has 0 aromatic heterocycles. The Morgan fingerprint density at radius 2 is 1.73 bits per heavy atom. The molecular formula is C19H29N3O4. The van der Waals surface area contributed by atoms with Crippen LogP contribution in [0.2, 0.25) is 0 Å². The van der Waals surface area contributed by atoms with Crippen LogP contribution in [0.25, 0.3) is 0 Å². The lowest BCUT2D eigenvalue weighted by molar-refractivity contribution is -0.143. The number of carbonyl (C=O) groups excluding carboxylic acids is 2. The number of ether oxygens (including phenoxy) is 2. The number of rotatable bonds is 7. The van der Waals surface area contributed by atoms with E-state index in [-0.39, 0.29) is 24.3 Å². The summed E-state index contributed by atoms with van der Waals surface area (Å²) in [7, 11) is 3.14. The topological polar surface area (TPSA) is 85.1 Å². The second kappa shape index (κ2) is 8.89. The van der Waals surface area contributed by atoms with Gasteiger partial charge in [0.1, 0.15) is 17.5 Å². The average Bonchev–Trinajstić information content (AvgIpc) is 3.04. The molecule has 26 heavy (non-hydrogen) atoms.